The Labute approximate surface area is 231 Å². The van der Waals surface area contributed by atoms with E-state index in [0.717, 1.165) is 38.9 Å². The third kappa shape index (κ3) is 5.17. The highest BCUT2D eigenvalue weighted by Gasteiger charge is 2.16. The van der Waals surface area contributed by atoms with Crippen LogP contribution in [0.25, 0.3) is 56.4 Å². The van der Waals surface area contributed by atoms with Crippen LogP contribution in [0.4, 0.5) is 0 Å². The predicted molar refractivity (Wildman–Crippen MR) is 157 cm³/mol. The van der Waals surface area contributed by atoms with E-state index in [1.165, 1.54) is 0 Å². The summed E-state index contributed by atoms with van der Waals surface area (Å²) in [4.78, 5) is 14.8. The molecule has 5 heteroatoms. The molecule has 6 aromatic rings. The van der Waals surface area contributed by atoms with Crippen molar-refractivity contribution >= 4 is 11.6 Å². The molecule has 39 heavy (non-hydrogen) atoms. The summed E-state index contributed by atoms with van der Waals surface area (Å²) in [5.74, 6) is 1.69. The maximum absolute atomic E-state index is 9.16. The summed E-state index contributed by atoms with van der Waals surface area (Å²) in [6, 6.07) is 43.6. The fourth-order valence-corrected chi connectivity index (χ4v) is 4.66. The van der Waals surface area contributed by atoms with Crippen LogP contribution in [0.2, 0.25) is 5.02 Å². The summed E-state index contributed by atoms with van der Waals surface area (Å²) in [7, 11) is 0. The number of halogens is 1. The molecule has 6 rings (SSSR count). The second-order valence-corrected chi connectivity index (χ2v) is 9.43. The smallest absolute Gasteiger partial charge is 0.164 e. The molecule has 0 aliphatic carbocycles. The third-order valence-corrected chi connectivity index (χ3v) is 6.68. The molecule has 1 heterocycles. The van der Waals surface area contributed by atoms with Gasteiger partial charge in [-0.3, -0.25) is 0 Å². The Morgan fingerprint density at radius 1 is 0.462 bits per heavy atom. The normalized spacial score (nSPS) is 10.7. The van der Waals surface area contributed by atoms with Crippen molar-refractivity contribution in [3.05, 3.63) is 138 Å². The summed E-state index contributed by atoms with van der Waals surface area (Å²) in [6.45, 7) is 0. The van der Waals surface area contributed by atoms with Gasteiger partial charge in [-0.1, -0.05) is 109 Å². The van der Waals surface area contributed by atoms with E-state index in [-0.39, 0.29) is 0 Å². The fraction of sp³-hybridized carbons (Fsp3) is 0. The van der Waals surface area contributed by atoms with Crippen molar-refractivity contribution in [1.29, 1.82) is 5.26 Å². The monoisotopic (exact) mass is 520 g/mol. The van der Waals surface area contributed by atoms with E-state index in [0.29, 0.717) is 28.1 Å². The Kier molecular flexibility index (Phi) is 6.66. The molecule has 0 fully saturated rings. The van der Waals surface area contributed by atoms with Crippen molar-refractivity contribution in [3.8, 4) is 62.5 Å². The Hall–Kier alpha value is -5.11. The summed E-state index contributed by atoms with van der Waals surface area (Å²) in [5.41, 5.74) is 7.27. The summed E-state index contributed by atoms with van der Waals surface area (Å²) in [5, 5.41) is 9.77. The zero-order valence-corrected chi connectivity index (χ0v) is 21.5. The van der Waals surface area contributed by atoms with Crippen LogP contribution in [0.15, 0.2) is 127 Å². The zero-order chi connectivity index (χ0) is 26.6. The minimum atomic E-state index is 0.545. The van der Waals surface area contributed by atoms with Crippen LogP contribution in [0.5, 0.6) is 0 Å². The number of aromatic nitrogens is 3. The highest BCUT2D eigenvalue weighted by molar-refractivity contribution is 6.31. The predicted octanol–water partition coefficient (Wildman–Crippen LogP) is 8.73. The van der Waals surface area contributed by atoms with Crippen LogP contribution in [-0.4, -0.2) is 15.0 Å². The minimum absolute atomic E-state index is 0.545. The molecule has 0 N–H and O–H groups in total. The molecule has 0 amide bonds. The second-order valence-electron chi connectivity index (χ2n) is 9.00. The zero-order valence-electron chi connectivity index (χ0n) is 20.8. The number of nitriles is 1. The van der Waals surface area contributed by atoms with E-state index in [9.17, 15) is 0 Å². The van der Waals surface area contributed by atoms with Crippen LogP contribution in [-0.2, 0) is 0 Å². The van der Waals surface area contributed by atoms with E-state index in [1.807, 2.05) is 109 Å². The lowest BCUT2D eigenvalue weighted by Gasteiger charge is -2.13. The van der Waals surface area contributed by atoms with Gasteiger partial charge in [-0.05, 0) is 52.6 Å². The fourth-order valence-electron chi connectivity index (χ4n) is 4.49. The lowest BCUT2D eigenvalue weighted by atomic mass is 9.99. The highest BCUT2D eigenvalue weighted by Crippen LogP contribution is 2.35. The Bertz CT molecular complexity index is 1810. The molecule has 0 unspecified atom stereocenters. The molecule has 0 saturated heterocycles. The number of rotatable bonds is 5. The van der Waals surface area contributed by atoms with Crippen LogP contribution < -0.4 is 0 Å². The summed E-state index contributed by atoms with van der Waals surface area (Å²) < 4.78 is 0. The second kappa shape index (κ2) is 10.7. The van der Waals surface area contributed by atoms with Crippen LogP contribution in [0, 0.1) is 11.3 Å². The molecule has 0 aliphatic heterocycles. The molecular weight excluding hydrogens is 500 g/mol. The van der Waals surface area contributed by atoms with Crippen molar-refractivity contribution < 1.29 is 0 Å². The molecule has 0 spiro atoms. The van der Waals surface area contributed by atoms with Gasteiger partial charge in [0.15, 0.2) is 17.5 Å². The number of benzene rings is 5. The van der Waals surface area contributed by atoms with Crippen LogP contribution in [0.3, 0.4) is 0 Å². The molecule has 0 radical (unpaired) electrons. The van der Waals surface area contributed by atoms with Gasteiger partial charge in [0.1, 0.15) is 0 Å². The number of hydrogen-bond acceptors (Lipinski definition) is 4. The van der Waals surface area contributed by atoms with E-state index < -0.39 is 0 Å². The van der Waals surface area contributed by atoms with Gasteiger partial charge in [0.05, 0.1) is 11.6 Å². The Balaban J connectivity index is 1.54. The topological polar surface area (TPSA) is 62.5 Å². The van der Waals surface area contributed by atoms with Crippen LogP contribution in [0.1, 0.15) is 5.56 Å². The SMILES string of the molecule is N#Cc1ccc(-c2cccc(-c3nc(-c4ccccc4)nc(-c4cc(Cl)ccc4-c4ccccc4)n3)c2)cc1. The quantitative estimate of drug-likeness (QED) is 0.228. The average Bonchev–Trinajstić information content (AvgIpc) is 3.02. The molecular formula is C34H21ClN4. The van der Waals surface area contributed by atoms with E-state index in [4.69, 9.17) is 31.8 Å². The molecule has 0 atom stereocenters. The summed E-state index contributed by atoms with van der Waals surface area (Å²) >= 11 is 6.49. The molecule has 0 saturated carbocycles. The maximum Gasteiger partial charge on any atom is 0.164 e. The molecule has 184 valence electrons. The van der Waals surface area contributed by atoms with Crippen molar-refractivity contribution in [2.75, 3.05) is 0 Å². The third-order valence-electron chi connectivity index (χ3n) is 6.44. The van der Waals surface area contributed by atoms with Gasteiger partial charge in [0.25, 0.3) is 0 Å². The molecule has 1 aromatic heterocycles. The first-order chi connectivity index (χ1) is 19.2. The van der Waals surface area contributed by atoms with Crippen molar-refractivity contribution in [2.45, 2.75) is 0 Å². The minimum Gasteiger partial charge on any atom is -0.208 e. The number of nitrogens with zero attached hydrogens (tertiary/aromatic N) is 4. The van der Waals surface area contributed by atoms with E-state index in [2.05, 4.69) is 24.3 Å². The van der Waals surface area contributed by atoms with E-state index >= 15 is 0 Å². The number of hydrogen-bond donors (Lipinski definition) is 0. The van der Waals surface area contributed by atoms with E-state index in [1.54, 1.807) is 0 Å². The standard InChI is InChI=1S/C34H21ClN4/c35-29-18-19-30(25-8-3-1-4-9-25)31(21-29)34-38-32(26-10-5-2-6-11-26)37-33(39-34)28-13-7-12-27(20-28)24-16-14-23(22-36)15-17-24/h1-21H. The van der Waals surface area contributed by atoms with Crippen molar-refractivity contribution in [3.63, 3.8) is 0 Å². The van der Waals surface area contributed by atoms with Gasteiger partial charge in [-0.15, -0.1) is 0 Å². The van der Waals surface area contributed by atoms with Gasteiger partial charge in [0, 0.05) is 21.7 Å². The van der Waals surface area contributed by atoms with Gasteiger partial charge in [0.2, 0.25) is 0 Å². The van der Waals surface area contributed by atoms with Gasteiger partial charge >= 0.3 is 0 Å². The largest absolute Gasteiger partial charge is 0.208 e. The van der Waals surface area contributed by atoms with Gasteiger partial charge in [-0.2, -0.15) is 5.26 Å². The first kappa shape index (κ1) is 24.2. The highest BCUT2D eigenvalue weighted by atomic mass is 35.5. The lowest BCUT2D eigenvalue weighted by Crippen LogP contribution is -2.01. The van der Waals surface area contributed by atoms with Crippen molar-refractivity contribution in [2.24, 2.45) is 0 Å². The maximum atomic E-state index is 9.16. The van der Waals surface area contributed by atoms with Gasteiger partial charge < -0.3 is 0 Å². The average molecular weight is 521 g/mol. The first-order valence-corrected chi connectivity index (χ1v) is 12.8. The van der Waals surface area contributed by atoms with Crippen LogP contribution >= 0.6 is 11.6 Å². The van der Waals surface area contributed by atoms with Crippen molar-refractivity contribution in [1.82, 2.24) is 15.0 Å². The first-order valence-electron chi connectivity index (χ1n) is 12.5. The van der Waals surface area contributed by atoms with Gasteiger partial charge in [-0.25, -0.2) is 15.0 Å². The Morgan fingerprint density at radius 2 is 1.05 bits per heavy atom. The molecule has 0 bridgehead atoms. The summed E-state index contributed by atoms with van der Waals surface area (Å²) in [6.07, 6.45) is 0. The Morgan fingerprint density at radius 3 is 1.74 bits per heavy atom. The molecule has 5 aromatic carbocycles. The lowest BCUT2D eigenvalue weighted by molar-refractivity contribution is 1.07. The molecule has 4 nitrogen and oxygen atoms in total. The molecule has 0 aliphatic rings.